The smallest absolute Gasteiger partial charge is 0.252 e. The molecule has 4 atom stereocenters. The number of para-hydroxylation sites is 1. The number of hydrogen-bond donors (Lipinski definition) is 0. The second-order valence-electron chi connectivity index (χ2n) is 23.6. The molecule has 2 aliphatic carbocycles. The van der Waals surface area contributed by atoms with Crippen LogP contribution in [0.5, 0.6) is 0 Å². The van der Waals surface area contributed by atoms with Crippen LogP contribution in [0.4, 0.5) is 39.8 Å². The fraction of sp³-hybridized carbons (Fsp3) is 0.379. The fourth-order valence-electron chi connectivity index (χ4n) is 14.2. The average molecular weight is 872 g/mol. The van der Waals surface area contributed by atoms with Crippen LogP contribution in [0.1, 0.15) is 90.2 Å². The minimum absolute atomic E-state index is 0.00486. The molecule has 0 saturated heterocycles. The third-order valence-corrected chi connectivity index (χ3v) is 22.4. The molecule has 4 aliphatic heterocycles. The summed E-state index contributed by atoms with van der Waals surface area (Å²) in [5, 5.41) is 3.00. The van der Waals surface area contributed by atoms with Crippen LogP contribution in [0.15, 0.2) is 121 Å². The molecule has 3 nitrogen and oxygen atoms in total. The highest BCUT2D eigenvalue weighted by Gasteiger charge is 2.65. The summed E-state index contributed by atoms with van der Waals surface area (Å²) in [4.78, 5) is 8.49. The Morgan fingerprint density at radius 2 is 0.969 bits per heavy atom. The van der Waals surface area contributed by atoms with Gasteiger partial charge in [-0.15, -0.1) is 0 Å². The van der Waals surface area contributed by atoms with Crippen LogP contribution in [-0.4, -0.2) is 33.9 Å². The van der Waals surface area contributed by atoms with Crippen molar-refractivity contribution in [2.24, 2.45) is 0 Å². The number of nitrogens with zero attached hydrogens (tertiary/aromatic N) is 3. The van der Waals surface area contributed by atoms with Gasteiger partial charge in [0.1, 0.15) is 0 Å². The maximum atomic E-state index is 2.94. The van der Waals surface area contributed by atoms with Crippen molar-refractivity contribution in [3.8, 4) is 11.1 Å². The van der Waals surface area contributed by atoms with Crippen LogP contribution in [0.2, 0.25) is 39.3 Å². The SMILES string of the molecule is CC12CCCCC1(C)N1c3cc(N(c4ccc([Si](C)(C)C)cc4)c4ccc([Si](C)(C)C)cc4)cc4c3B(c3cccc2c31)c1cc(-c2ccccc2)cc2c1N4C1(C)CCCCC21C. The molecule has 4 heterocycles. The van der Waals surface area contributed by atoms with Crippen LogP contribution < -0.4 is 41.5 Å². The lowest BCUT2D eigenvalue weighted by Crippen LogP contribution is -2.66. The Bertz CT molecular complexity index is 2820. The molecule has 2 fully saturated rings. The van der Waals surface area contributed by atoms with E-state index in [2.05, 4.69) is 203 Å². The molecule has 6 aliphatic rings. The van der Waals surface area contributed by atoms with Crippen molar-refractivity contribution in [3.05, 3.63) is 132 Å². The van der Waals surface area contributed by atoms with Gasteiger partial charge in [-0.25, -0.2) is 0 Å². The van der Waals surface area contributed by atoms with E-state index in [0.717, 1.165) is 0 Å². The molecule has 6 aromatic carbocycles. The van der Waals surface area contributed by atoms with E-state index in [4.69, 9.17) is 0 Å². The van der Waals surface area contributed by atoms with Gasteiger partial charge in [0.25, 0.3) is 6.71 Å². The van der Waals surface area contributed by atoms with Gasteiger partial charge in [-0.1, -0.05) is 168 Å². The number of hydrogen-bond acceptors (Lipinski definition) is 3. The summed E-state index contributed by atoms with van der Waals surface area (Å²) in [6.45, 7) is 25.5. The molecule has 4 unspecified atom stereocenters. The molecular weight excluding hydrogens is 806 g/mol. The summed E-state index contributed by atoms with van der Waals surface area (Å²) in [5.74, 6) is 0. The predicted molar refractivity (Wildman–Crippen MR) is 283 cm³/mol. The quantitative estimate of drug-likeness (QED) is 0.154. The van der Waals surface area contributed by atoms with Crippen molar-refractivity contribution in [2.45, 2.75) is 140 Å². The highest BCUT2D eigenvalue weighted by atomic mass is 28.3. The molecule has 0 bridgehead atoms. The van der Waals surface area contributed by atoms with Crippen molar-refractivity contribution in [1.29, 1.82) is 0 Å². The van der Waals surface area contributed by atoms with Gasteiger partial charge in [-0.3, -0.25) is 0 Å². The number of rotatable bonds is 6. The van der Waals surface area contributed by atoms with E-state index >= 15 is 0 Å². The molecule has 0 aromatic heterocycles. The fourth-order valence-corrected chi connectivity index (χ4v) is 16.5. The lowest BCUT2D eigenvalue weighted by Gasteiger charge is -2.55. The first-order chi connectivity index (χ1) is 30.5. The Hall–Kier alpha value is -4.78. The Morgan fingerprint density at radius 3 is 1.50 bits per heavy atom. The third-order valence-electron chi connectivity index (χ3n) is 18.2. The van der Waals surface area contributed by atoms with Gasteiger partial charge >= 0.3 is 0 Å². The minimum atomic E-state index is -1.51. The van der Waals surface area contributed by atoms with E-state index in [9.17, 15) is 0 Å². The first-order valence-electron chi connectivity index (χ1n) is 24.6. The van der Waals surface area contributed by atoms with Crippen molar-refractivity contribution < 1.29 is 0 Å². The van der Waals surface area contributed by atoms with Gasteiger partial charge in [0, 0.05) is 45.0 Å². The van der Waals surface area contributed by atoms with E-state index in [1.54, 1.807) is 11.1 Å². The molecule has 324 valence electrons. The molecule has 6 heteroatoms. The molecule has 12 rings (SSSR count). The van der Waals surface area contributed by atoms with Gasteiger partial charge in [0.2, 0.25) is 0 Å². The standard InChI is InChI=1S/C58H66BN3Si2/c1-55-31-14-16-33-57(55,3)61-50-37-43(60(41-23-27-44(28-24-41)63(5,6)7)42-25-29-45(30-26-42)64(8,9)10)38-51-52(50)59(48-22-18-21-46(55)53(48)61)49-36-40(39-19-12-11-13-20-39)35-47-54(49)62(51)58(4)34-17-15-32-56(47,58)2/h11-13,18-30,35-38H,14-17,31-34H2,1-10H3. The molecule has 0 N–H and O–H groups in total. The summed E-state index contributed by atoms with van der Waals surface area (Å²) in [6, 6.07) is 48.7. The van der Waals surface area contributed by atoms with Crippen LogP contribution in [0, 0.1) is 0 Å². The van der Waals surface area contributed by atoms with E-state index in [0.29, 0.717) is 0 Å². The highest BCUT2D eigenvalue weighted by Crippen LogP contribution is 2.65. The third kappa shape index (κ3) is 5.27. The van der Waals surface area contributed by atoms with Crippen LogP contribution in [0.3, 0.4) is 0 Å². The maximum absolute atomic E-state index is 2.94. The van der Waals surface area contributed by atoms with E-state index < -0.39 is 16.1 Å². The van der Waals surface area contributed by atoms with Crippen molar-refractivity contribution >= 4 is 89.4 Å². The normalized spacial score (nSPS) is 25.9. The van der Waals surface area contributed by atoms with Crippen molar-refractivity contribution in [1.82, 2.24) is 0 Å². The van der Waals surface area contributed by atoms with Crippen LogP contribution in [-0.2, 0) is 10.8 Å². The monoisotopic (exact) mass is 871 g/mol. The Morgan fingerprint density at radius 1 is 0.469 bits per heavy atom. The molecule has 6 aromatic rings. The topological polar surface area (TPSA) is 9.72 Å². The van der Waals surface area contributed by atoms with Gasteiger partial charge in [0.05, 0.1) is 32.9 Å². The Kier molecular flexibility index (Phi) is 8.53. The predicted octanol–water partition coefficient (Wildman–Crippen LogP) is 12.5. The number of benzene rings is 6. The van der Waals surface area contributed by atoms with E-state index in [1.165, 1.54) is 129 Å². The first kappa shape index (κ1) is 40.7. The zero-order valence-electron chi connectivity index (χ0n) is 40.1. The van der Waals surface area contributed by atoms with Gasteiger partial charge in [-0.2, -0.15) is 0 Å². The minimum Gasteiger partial charge on any atom is -0.335 e. The molecule has 0 spiro atoms. The van der Waals surface area contributed by atoms with Gasteiger partial charge < -0.3 is 14.7 Å². The first-order valence-corrected chi connectivity index (χ1v) is 31.6. The zero-order valence-corrected chi connectivity index (χ0v) is 42.1. The molecule has 0 radical (unpaired) electrons. The molecule has 64 heavy (non-hydrogen) atoms. The highest BCUT2D eigenvalue weighted by molar-refractivity contribution is 7.00. The second-order valence-corrected chi connectivity index (χ2v) is 33.8. The average Bonchev–Trinajstić information content (AvgIpc) is 3.62. The zero-order chi connectivity index (χ0) is 44.3. The summed E-state index contributed by atoms with van der Waals surface area (Å²) in [5.41, 5.74) is 19.9. The second kappa shape index (κ2) is 13.4. The van der Waals surface area contributed by atoms with Crippen molar-refractivity contribution in [3.63, 3.8) is 0 Å². The Labute approximate surface area is 386 Å². The number of fused-ring (bicyclic) bond motifs is 10. The lowest BCUT2D eigenvalue weighted by atomic mass is 9.33. The summed E-state index contributed by atoms with van der Waals surface area (Å²) in [7, 11) is -3.03. The summed E-state index contributed by atoms with van der Waals surface area (Å²) >= 11 is 0. The van der Waals surface area contributed by atoms with E-state index in [-0.39, 0.29) is 28.6 Å². The number of anilines is 7. The van der Waals surface area contributed by atoms with E-state index in [1.807, 2.05) is 0 Å². The lowest BCUT2D eigenvalue weighted by molar-refractivity contribution is 0.194. The maximum Gasteiger partial charge on any atom is 0.252 e. The van der Waals surface area contributed by atoms with Crippen molar-refractivity contribution in [2.75, 3.05) is 14.7 Å². The van der Waals surface area contributed by atoms with Crippen LogP contribution >= 0.6 is 0 Å². The van der Waals surface area contributed by atoms with Gasteiger partial charge in [-0.05, 0) is 121 Å². The Balaban J connectivity index is 1.19. The summed E-state index contributed by atoms with van der Waals surface area (Å²) in [6.07, 6.45) is 9.90. The summed E-state index contributed by atoms with van der Waals surface area (Å²) < 4.78 is 0. The van der Waals surface area contributed by atoms with Gasteiger partial charge in [0.15, 0.2) is 0 Å². The molecular formula is C58H66BN3Si2. The molecule has 0 amide bonds. The van der Waals surface area contributed by atoms with Crippen LogP contribution in [0.25, 0.3) is 11.1 Å². The molecule has 2 saturated carbocycles. The largest absolute Gasteiger partial charge is 0.335 e.